The van der Waals surface area contributed by atoms with Crippen LogP contribution in [0, 0.1) is 0 Å². The highest BCUT2D eigenvalue weighted by molar-refractivity contribution is 7.80. The van der Waals surface area contributed by atoms with Crippen LogP contribution in [0.25, 0.3) is 0 Å². The number of benzene rings is 2. The first-order valence-corrected chi connectivity index (χ1v) is 7.10. The van der Waals surface area contributed by atoms with E-state index in [9.17, 15) is 5.11 Å². The predicted octanol–water partition coefficient (Wildman–Crippen LogP) is 3.37. The van der Waals surface area contributed by atoms with E-state index < -0.39 is 0 Å². The van der Waals surface area contributed by atoms with Crippen molar-refractivity contribution >= 4 is 40.8 Å². The molecule has 0 atom stereocenters. The Balaban J connectivity index is 1.96. The fourth-order valence-corrected chi connectivity index (χ4v) is 2.05. The summed E-state index contributed by atoms with van der Waals surface area (Å²) < 4.78 is 5.02. The van der Waals surface area contributed by atoms with Gasteiger partial charge in [-0.25, -0.2) is 0 Å². The van der Waals surface area contributed by atoms with Crippen molar-refractivity contribution in [2.24, 2.45) is 5.10 Å². The van der Waals surface area contributed by atoms with Crippen LogP contribution in [-0.2, 0) is 0 Å². The van der Waals surface area contributed by atoms with Gasteiger partial charge >= 0.3 is 0 Å². The molecule has 114 valence electrons. The fourth-order valence-electron chi connectivity index (χ4n) is 1.69. The van der Waals surface area contributed by atoms with Crippen molar-refractivity contribution in [3.63, 3.8) is 0 Å². The van der Waals surface area contributed by atoms with E-state index in [2.05, 4.69) is 15.8 Å². The second kappa shape index (κ2) is 7.63. The number of rotatable bonds is 4. The predicted molar refractivity (Wildman–Crippen MR) is 93.1 cm³/mol. The SMILES string of the molecule is COc1cccc(/C=N/NC(=S)Nc2cccc(Cl)c2)c1O. The van der Waals surface area contributed by atoms with Gasteiger partial charge in [-0.2, -0.15) is 5.10 Å². The summed E-state index contributed by atoms with van der Waals surface area (Å²) in [7, 11) is 1.48. The van der Waals surface area contributed by atoms with Crippen LogP contribution in [0.4, 0.5) is 5.69 Å². The summed E-state index contributed by atoms with van der Waals surface area (Å²) in [6.07, 6.45) is 1.45. The lowest BCUT2D eigenvalue weighted by molar-refractivity contribution is 0.373. The molecule has 0 unspecified atom stereocenters. The summed E-state index contributed by atoms with van der Waals surface area (Å²) in [6.45, 7) is 0. The van der Waals surface area contributed by atoms with Crippen molar-refractivity contribution in [3.8, 4) is 11.5 Å². The van der Waals surface area contributed by atoms with Crippen LogP contribution in [0.3, 0.4) is 0 Å². The number of hydrogen-bond acceptors (Lipinski definition) is 4. The number of phenols is 1. The van der Waals surface area contributed by atoms with E-state index in [0.29, 0.717) is 21.4 Å². The lowest BCUT2D eigenvalue weighted by Crippen LogP contribution is -2.23. The molecule has 2 aromatic rings. The van der Waals surface area contributed by atoms with Crippen LogP contribution >= 0.6 is 23.8 Å². The summed E-state index contributed by atoms with van der Waals surface area (Å²) >= 11 is 11.0. The Bertz CT molecular complexity index is 707. The van der Waals surface area contributed by atoms with Gasteiger partial charge in [0.2, 0.25) is 0 Å². The Kier molecular flexibility index (Phi) is 5.57. The number of halogens is 1. The molecule has 5 nitrogen and oxygen atoms in total. The minimum absolute atomic E-state index is 0.0178. The molecule has 0 saturated carbocycles. The molecule has 0 fully saturated rings. The van der Waals surface area contributed by atoms with Crippen LogP contribution in [0.15, 0.2) is 47.6 Å². The first-order valence-electron chi connectivity index (χ1n) is 6.31. The number of thiocarbonyl (C=S) groups is 1. The molecule has 0 heterocycles. The van der Waals surface area contributed by atoms with Gasteiger partial charge in [0.1, 0.15) is 0 Å². The molecule has 0 aliphatic rings. The zero-order chi connectivity index (χ0) is 15.9. The summed E-state index contributed by atoms with van der Waals surface area (Å²) in [5.41, 5.74) is 3.92. The molecule has 0 bridgehead atoms. The van der Waals surface area contributed by atoms with Crippen molar-refractivity contribution in [2.75, 3.05) is 12.4 Å². The van der Waals surface area contributed by atoms with E-state index in [1.54, 1.807) is 30.3 Å². The Hall–Kier alpha value is -2.31. The smallest absolute Gasteiger partial charge is 0.191 e. The van der Waals surface area contributed by atoms with Gasteiger partial charge in [-0.15, -0.1) is 0 Å². The lowest BCUT2D eigenvalue weighted by atomic mass is 10.2. The molecule has 2 rings (SSSR count). The molecule has 0 aliphatic carbocycles. The van der Waals surface area contributed by atoms with Gasteiger partial charge in [-0.05, 0) is 42.5 Å². The number of ether oxygens (including phenoxy) is 1. The van der Waals surface area contributed by atoms with E-state index in [1.165, 1.54) is 13.3 Å². The Morgan fingerprint density at radius 1 is 1.32 bits per heavy atom. The summed E-state index contributed by atoms with van der Waals surface area (Å²) in [4.78, 5) is 0. The first kappa shape index (κ1) is 16.1. The molecule has 2 aromatic carbocycles. The highest BCUT2D eigenvalue weighted by Crippen LogP contribution is 2.27. The van der Waals surface area contributed by atoms with Gasteiger partial charge in [0.25, 0.3) is 0 Å². The van der Waals surface area contributed by atoms with Crippen molar-refractivity contribution in [3.05, 3.63) is 53.1 Å². The highest BCUT2D eigenvalue weighted by Gasteiger charge is 2.04. The maximum atomic E-state index is 9.91. The second-order valence-corrected chi connectivity index (χ2v) is 5.08. The molecule has 0 spiro atoms. The minimum atomic E-state index is 0.0178. The third kappa shape index (κ3) is 4.34. The molecule has 7 heteroatoms. The number of methoxy groups -OCH3 is 1. The molecule has 0 saturated heterocycles. The molecular formula is C15H14ClN3O2S. The van der Waals surface area contributed by atoms with Gasteiger partial charge in [-0.1, -0.05) is 23.7 Å². The zero-order valence-corrected chi connectivity index (χ0v) is 13.3. The zero-order valence-electron chi connectivity index (χ0n) is 11.7. The summed E-state index contributed by atoms with van der Waals surface area (Å²) in [5.74, 6) is 0.396. The summed E-state index contributed by atoms with van der Waals surface area (Å²) in [6, 6.07) is 12.3. The second-order valence-electron chi connectivity index (χ2n) is 4.23. The van der Waals surface area contributed by atoms with Crippen molar-refractivity contribution in [1.82, 2.24) is 5.43 Å². The van der Waals surface area contributed by atoms with Crippen molar-refractivity contribution in [2.45, 2.75) is 0 Å². The third-order valence-electron chi connectivity index (χ3n) is 2.70. The molecule has 0 aliphatic heterocycles. The van der Waals surface area contributed by atoms with Crippen LogP contribution in [-0.4, -0.2) is 23.5 Å². The van der Waals surface area contributed by atoms with Crippen molar-refractivity contribution in [1.29, 1.82) is 0 Å². The Labute approximate surface area is 138 Å². The molecule has 0 aromatic heterocycles. The topological polar surface area (TPSA) is 65.9 Å². The monoisotopic (exact) mass is 335 g/mol. The minimum Gasteiger partial charge on any atom is -0.504 e. The highest BCUT2D eigenvalue weighted by atomic mass is 35.5. The van der Waals surface area contributed by atoms with E-state index in [-0.39, 0.29) is 5.75 Å². The van der Waals surface area contributed by atoms with Gasteiger partial charge in [-0.3, -0.25) is 5.43 Å². The standard InChI is InChI=1S/C15H14ClN3O2S/c1-21-13-7-2-4-10(14(13)20)9-17-19-15(22)18-12-6-3-5-11(16)8-12/h2-9,20H,1H3,(H2,18,19,22)/b17-9+. The Morgan fingerprint density at radius 2 is 2.09 bits per heavy atom. The number of anilines is 1. The number of phenolic OH excluding ortho intramolecular Hbond substituents is 1. The molecular weight excluding hydrogens is 322 g/mol. The normalized spacial score (nSPS) is 10.5. The van der Waals surface area contributed by atoms with E-state index >= 15 is 0 Å². The number of hydrogen-bond donors (Lipinski definition) is 3. The third-order valence-corrected chi connectivity index (χ3v) is 3.13. The van der Waals surface area contributed by atoms with E-state index in [4.69, 9.17) is 28.6 Å². The van der Waals surface area contributed by atoms with Gasteiger partial charge in [0, 0.05) is 16.3 Å². The van der Waals surface area contributed by atoms with E-state index in [1.807, 2.05) is 12.1 Å². The maximum absolute atomic E-state index is 9.91. The number of hydrazone groups is 1. The van der Waals surface area contributed by atoms with E-state index in [0.717, 1.165) is 5.69 Å². The maximum Gasteiger partial charge on any atom is 0.191 e. The number of nitrogens with one attached hydrogen (secondary N) is 2. The molecule has 3 N–H and O–H groups in total. The van der Waals surface area contributed by atoms with Gasteiger partial charge < -0.3 is 15.2 Å². The largest absolute Gasteiger partial charge is 0.504 e. The fraction of sp³-hybridized carbons (Fsp3) is 0.0667. The van der Waals surface area contributed by atoms with Crippen molar-refractivity contribution < 1.29 is 9.84 Å². The first-order chi connectivity index (χ1) is 10.6. The van der Waals surface area contributed by atoms with Crippen LogP contribution in [0.1, 0.15) is 5.56 Å². The van der Waals surface area contributed by atoms with Crippen LogP contribution < -0.4 is 15.5 Å². The molecule has 0 radical (unpaired) electrons. The summed E-state index contributed by atoms with van der Waals surface area (Å²) in [5, 5.41) is 17.7. The van der Waals surface area contributed by atoms with Gasteiger partial charge in [0.05, 0.1) is 13.3 Å². The average molecular weight is 336 g/mol. The van der Waals surface area contributed by atoms with Gasteiger partial charge in [0.15, 0.2) is 16.6 Å². The number of para-hydroxylation sites is 1. The molecule has 0 amide bonds. The lowest BCUT2D eigenvalue weighted by Gasteiger charge is -2.07. The molecule has 22 heavy (non-hydrogen) atoms. The number of aromatic hydroxyl groups is 1. The number of nitrogens with zero attached hydrogens (tertiary/aromatic N) is 1. The quantitative estimate of drug-likeness (QED) is 0.454. The average Bonchev–Trinajstić information content (AvgIpc) is 2.49. The van der Waals surface area contributed by atoms with Crippen LogP contribution in [0.5, 0.6) is 11.5 Å². The Morgan fingerprint density at radius 3 is 2.82 bits per heavy atom. The van der Waals surface area contributed by atoms with Crippen LogP contribution in [0.2, 0.25) is 5.02 Å².